The number of anilines is 1. The van der Waals surface area contributed by atoms with Gasteiger partial charge in [-0.3, -0.25) is 4.79 Å². The van der Waals surface area contributed by atoms with Gasteiger partial charge >= 0.3 is 5.97 Å². The van der Waals surface area contributed by atoms with Crippen molar-refractivity contribution in [2.24, 2.45) is 0 Å². The van der Waals surface area contributed by atoms with E-state index in [1.54, 1.807) is 38.1 Å². The van der Waals surface area contributed by atoms with E-state index in [1.807, 2.05) is 0 Å². The Morgan fingerprint density at radius 2 is 1.77 bits per heavy atom. The van der Waals surface area contributed by atoms with Crippen LogP contribution in [-0.2, 0) is 21.5 Å². The standard InChI is InChI=1S/C23H29ClN2O4S/c1-21(2)12-15-16(19(27)29-7)18(31-17(15)22(3,4)26-21)25-20(28)23(5,6)30-14-10-8-13(24)9-11-14/h8-11,26H,12H2,1-7H3,(H,25,28). The average Bonchev–Trinajstić information content (AvgIpc) is 2.99. The molecule has 2 aromatic rings. The molecule has 0 saturated carbocycles. The van der Waals surface area contributed by atoms with Crippen molar-refractivity contribution in [3.8, 4) is 5.75 Å². The highest BCUT2D eigenvalue weighted by molar-refractivity contribution is 7.17. The summed E-state index contributed by atoms with van der Waals surface area (Å²) in [6, 6.07) is 6.81. The van der Waals surface area contributed by atoms with E-state index in [0.717, 1.165) is 10.4 Å². The van der Waals surface area contributed by atoms with Crippen LogP contribution in [0.3, 0.4) is 0 Å². The van der Waals surface area contributed by atoms with Gasteiger partial charge in [-0.2, -0.15) is 0 Å². The van der Waals surface area contributed by atoms with Crippen molar-refractivity contribution in [1.29, 1.82) is 0 Å². The molecule has 0 unspecified atom stereocenters. The first kappa shape index (κ1) is 23.6. The monoisotopic (exact) mass is 464 g/mol. The largest absolute Gasteiger partial charge is 0.478 e. The van der Waals surface area contributed by atoms with Crippen LogP contribution in [0.5, 0.6) is 5.75 Å². The van der Waals surface area contributed by atoms with Gasteiger partial charge in [0.05, 0.1) is 12.7 Å². The molecule has 0 bridgehead atoms. The minimum Gasteiger partial charge on any atom is -0.478 e. The number of rotatable bonds is 5. The Balaban J connectivity index is 1.95. The first-order valence-corrected chi connectivity index (χ1v) is 11.2. The highest BCUT2D eigenvalue weighted by Crippen LogP contribution is 2.45. The zero-order valence-corrected chi connectivity index (χ0v) is 20.5. The van der Waals surface area contributed by atoms with Crippen molar-refractivity contribution >= 4 is 39.8 Å². The van der Waals surface area contributed by atoms with Crippen molar-refractivity contribution in [2.75, 3.05) is 12.4 Å². The van der Waals surface area contributed by atoms with Gasteiger partial charge in [0, 0.05) is 21.0 Å². The van der Waals surface area contributed by atoms with Crippen molar-refractivity contribution in [3.05, 3.63) is 45.3 Å². The van der Waals surface area contributed by atoms with Crippen LogP contribution in [0, 0.1) is 0 Å². The molecule has 8 heteroatoms. The third kappa shape index (κ3) is 4.89. The lowest BCUT2D eigenvalue weighted by Crippen LogP contribution is -2.55. The number of hydrogen-bond acceptors (Lipinski definition) is 6. The van der Waals surface area contributed by atoms with Crippen LogP contribution < -0.4 is 15.4 Å². The van der Waals surface area contributed by atoms with Crippen LogP contribution >= 0.6 is 22.9 Å². The fourth-order valence-corrected chi connectivity index (χ4v) is 5.42. The molecule has 0 aliphatic carbocycles. The number of amides is 1. The number of thiophene rings is 1. The molecule has 3 rings (SSSR count). The zero-order chi connectivity index (χ0) is 23.2. The van der Waals surface area contributed by atoms with Crippen LogP contribution in [0.2, 0.25) is 5.02 Å². The summed E-state index contributed by atoms with van der Waals surface area (Å²) in [5.41, 5.74) is -0.418. The first-order valence-electron chi connectivity index (χ1n) is 10.1. The fourth-order valence-electron chi connectivity index (χ4n) is 4.03. The number of ether oxygens (including phenoxy) is 2. The van der Waals surface area contributed by atoms with Crippen LogP contribution in [0.4, 0.5) is 5.00 Å². The summed E-state index contributed by atoms with van der Waals surface area (Å²) in [5.74, 6) is -0.302. The van der Waals surface area contributed by atoms with E-state index in [1.165, 1.54) is 18.4 Å². The lowest BCUT2D eigenvalue weighted by Gasteiger charge is -2.42. The molecule has 2 heterocycles. The number of benzene rings is 1. The highest BCUT2D eigenvalue weighted by Gasteiger charge is 2.42. The number of carbonyl (C=O) groups excluding carboxylic acids is 2. The number of hydrogen-bond donors (Lipinski definition) is 2. The number of fused-ring (bicyclic) bond motifs is 1. The molecular formula is C23H29ClN2O4S. The SMILES string of the molecule is COC(=O)c1c(NC(=O)C(C)(C)Oc2ccc(Cl)cc2)sc2c1CC(C)(C)NC2(C)C. The number of methoxy groups -OCH3 is 1. The molecule has 2 N–H and O–H groups in total. The van der Waals surface area contributed by atoms with Crippen LogP contribution in [-0.4, -0.2) is 30.1 Å². The topological polar surface area (TPSA) is 76.7 Å². The van der Waals surface area contributed by atoms with Crippen LogP contribution in [0.25, 0.3) is 0 Å². The minimum atomic E-state index is -1.18. The van der Waals surface area contributed by atoms with Gasteiger partial charge in [0.2, 0.25) is 0 Å². The Labute approximate surface area is 192 Å². The Hall–Kier alpha value is -2.09. The van der Waals surface area contributed by atoms with E-state index in [-0.39, 0.29) is 17.0 Å². The Bertz CT molecular complexity index is 1010. The molecule has 0 atom stereocenters. The van der Waals surface area contributed by atoms with E-state index < -0.39 is 11.6 Å². The molecule has 1 aliphatic rings. The molecule has 6 nitrogen and oxygen atoms in total. The normalized spacial score (nSPS) is 16.9. The zero-order valence-electron chi connectivity index (χ0n) is 18.9. The van der Waals surface area contributed by atoms with E-state index in [9.17, 15) is 9.59 Å². The summed E-state index contributed by atoms with van der Waals surface area (Å²) < 4.78 is 11.0. The molecule has 0 radical (unpaired) electrons. The summed E-state index contributed by atoms with van der Waals surface area (Å²) >= 11 is 7.32. The second-order valence-electron chi connectivity index (χ2n) is 9.44. The van der Waals surface area contributed by atoms with Gasteiger partial charge in [-0.05, 0) is 77.8 Å². The molecular weight excluding hydrogens is 436 g/mol. The maximum atomic E-state index is 13.1. The van der Waals surface area contributed by atoms with Gasteiger partial charge in [0.25, 0.3) is 5.91 Å². The number of esters is 1. The van der Waals surface area contributed by atoms with Crippen molar-refractivity contribution in [3.63, 3.8) is 0 Å². The Morgan fingerprint density at radius 3 is 2.35 bits per heavy atom. The number of nitrogens with one attached hydrogen (secondary N) is 2. The second-order valence-corrected chi connectivity index (χ2v) is 10.9. The third-order valence-electron chi connectivity index (χ3n) is 5.19. The van der Waals surface area contributed by atoms with Crippen LogP contribution in [0.15, 0.2) is 24.3 Å². The molecule has 1 aromatic carbocycles. The van der Waals surface area contributed by atoms with Crippen LogP contribution in [0.1, 0.15) is 62.3 Å². The van der Waals surface area contributed by atoms with Gasteiger partial charge in [-0.1, -0.05) is 11.6 Å². The predicted octanol–water partition coefficient (Wildman–Crippen LogP) is 5.14. The quantitative estimate of drug-likeness (QED) is 0.599. The van der Waals surface area contributed by atoms with Gasteiger partial charge in [0.1, 0.15) is 10.8 Å². The molecule has 168 valence electrons. The molecule has 1 amide bonds. The van der Waals surface area contributed by atoms with Gasteiger partial charge < -0.3 is 20.1 Å². The van der Waals surface area contributed by atoms with Crippen molar-refractivity contribution in [1.82, 2.24) is 5.32 Å². The van der Waals surface area contributed by atoms with Gasteiger partial charge in [-0.25, -0.2) is 4.79 Å². The third-order valence-corrected chi connectivity index (χ3v) is 6.92. The molecule has 1 aromatic heterocycles. The van der Waals surface area contributed by atoms with E-state index in [2.05, 4.69) is 38.3 Å². The Kier molecular flexibility index (Phi) is 6.17. The molecule has 0 spiro atoms. The summed E-state index contributed by atoms with van der Waals surface area (Å²) in [6.07, 6.45) is 0.646. The summed E-state index contributed by atoms with van der Waals surface area (Å²) in [6.45, 7) is 11.7. The van der Waals surface area contributed by atoms with E-state index >= 15 is 0 Å². The molecule has 0 fully saturated rings. The first-order chi connectivity index (χ1) is 14.3. The van der Waals surface area contributed by atoms with E-state index in [4.69, 9.17) is 21.1 Å². The molecule has 31 heavy (non-hydrogen) atoms. The summed E-state index contributed by atoms with van der Waals surface area (Å²) in [7, 11) is 1.35. The molecule has 1 aliphatic heterocycles. The number of halogens is 1. The predicted molar refractivity (Wildman–Crippen MR) is 124 cm³/mol. The Morgan fingerprint density at radius 1 is 1.16 bits per heavy atom. The maximum Gasteiger partial charge on any atom is 0.341 e. The minimum absolute atomic E-state index is 0.210. The van der Waals surface area contributed by atoms with Gasteiger partial charge in [0.15, 0.2) is 5.60 Å². The van der Waals surface area contributed by atoms with Crippen molar-refractivity contribution < 1.29 is 19.1 Å². The fraction of sp³-hybridized carbons (Fsp3) is 0.478. The number of carbonyl (C=O) groups is 2. The van der Waals surface area contributed by atoms with E-state index in [0.29, 0.717) is 27.8 Å². The maximum absolute atomic E-state index is 13.1. The van der Waals surface area contributed by atoms with Crippen molar-refractivity contribution in [2.45, 2.75) is 64.6 Å². The lowest BCUT2D eigenvalue weighted by atomic mass is 9.81. The molecule has 0 saturated heterocycles. The van der Waals surface area contributed by atoms with Gasteiger partial charge in [-0.15, -0.1) is 11.3 Å². The highest BCUT2D eigenvalue weighted by atomic mass is 35.5. The smallest absolute Gasteiger partial charge is 0.341 e. The lowest BCUT2D eigenvalue weighted by molar-refractivity contribution is -0.128. The second kappa shape index (κ2) is 8.11. The summed E-state index contributed by atoms with van der Waals surface area (Å²) in [4.78, 5) is 26.9. The average molecular weight is 465 g/mol. The summed E-state index contributed by atoms with van der Waals surface area (Å²) in [5, 5.41) is 7.59.